The van der Waals surface area contributed by atoms with Crippen LogP contribution in [0.4, 0.5) is 5.82 Å². The van der Waals surface area contributed by atoms with Crippen molar-refractivity contribution in [2.45, 2.75) is 33.3 Å². The van der Waals surface area contributed by atoms with Gasteiger partial charge in [0.15, 0.2) is 0 Å². The van der Waals surface area contributed by atoms with E-state index >= 15 is 0 Å². The maximum absolute atomic E-state index is 11.7. The molecule has 0 saturated heterocycles. The zero-order valence-corrected chi connectivity index (χ0v) is 11.2. The average Bonchev–Trinajstić information content (AvgIpc) is 2.28. The van der Waals surface area contributed by atoms with Gasteiger partial charge in [-0.1, -0.05) is 0 Å². The van der Waals surface area contributed by atoms with Crippen LogP contribution in [0, 0.1) is 6.92 Å². The monoisotopic (exact) mass is 253 g/mol. The SMILES string of the molecule is CCOC(=O)c1c(C)nc(CC(C)OC)nc1N. The van der Waals surface area contributed by atoms with Gasteiger partial charge in [-0.15, -0.1) is 0 Å². The molecule has 1 rings (SSSR count). The molecular weight excluding hydrogens is 234 g/mol. The molecule has 0 radical (unpaired) electrons. The first-order chi connectivity index (χ1) is 8.49. The Bertz CT molecular complexity index is 412. The van der Waals surface area contributed by atoms with Crippen LogP contribution >= 0.6 is 0 Å². The second kappa shape index (κ2) is 6.30. The number of nitrogen functional groups attached to an aromatic ring is 1. The van der Waals surface area contributed by atoms with Crippen LogP contribution in [0.1, 0.15) is 35.7 Å². The Morgan fingerprint density at radius 2 is 2.11 bits per heavy atom. The molecule has 1 aromatic heterocycles. The zero-order chi connectivity index (χ0) is 13.7. The van der Waals surface area contributed by atoms with E-state index in [2.05, 4.69) is 9.97 Å². The summed E-state index contributed by atoms with van der Waals surface area (Å²) in [6.45, 7) is 5.65. The first kappa shape index (κ1) is 14.4. The minimum atomic E-state index is -0.487. The highest BCUT2D eigenvalue weighted by Crippen LogP contribution is 2.15. The maximum Gasteiger partial charge on any atom is 0.343 e. The van der Waals surface area contributed by atoms with Gasteiger partial charge in [0.1, 0.15) is 17.2 Å². The van der Waals surface area contributed by atoms with Gasteiger partial charge in [-0.25, -0.2) is 14.8 Å². The minimum absolute atomic E-state index is 0.00255. The first-order valence-corrected chi connectivity index (χ1v) is 5.82. The minimum Gasteiger partial charge on any atom is -0.462 e. The molecule has 0 fully saturated rings. The number of anilines is 1. The number of nitrogens with two attached hydrogens (primary N) is 1. The molecule has 6 nitrogen and oxygen atoms in total. The smallest absolute Gasteiger partial charge is 0.343 e. The van der Waals surface area contributed by atoms with Crippen LogP contribution in [0.25, 0.3) is 0 Å². The van der Waals surface area contributed by atoms with Crippen LogP contribution in [-0.2, 0) is 15.9 Å². The summed E-state index contributed by atoms with van der Waals surface area (Å²) in [7, 11) is 1.62. The van der Waals surface area contributed by atoms with E-state index in [1.807, 2.05) is 6.92 Å². The highest BCUT2D eigenvalue weighted by atomic mass is 16.5. The molecule has 1 atom stereocenters. The number of aromatic nitrogens is 2. The van der Waals surface area contributed by atoms with Crippen LogP contribution < -0.4 is 5.73 Å². The Morgan fingerprint density at radius 3 is 2.61 bits per heavy atom. The van der Waals surface area contributed by atoms with Gasteiger partial charge in [0.25, 0.3) is 0 Å². The number of esters is 1. The lowest BCUT2D eigenvalue weighted by Crippen LogP contribution is -2.17. The molecule has 0 aliphatic heterocycles. The van der Waals surface area contributed by atoms with Crippen molar-refractivity contribution in [3.8, 4) is 0 Å². The maximum atomic E-state index is 11.7. The van der Waals surface area contributed by atoms with Gasteiger partial charge in [0, 0.05) is 13.5 Å². The first-order valence-electron chi connectivity index (χ1n) is 5.82. The normalized spacial score (nSPS) is 12.2. The molecule has 0 aromatic carbocycles. The topological polar surface area (TPSA) is 87.3 Å². The highest BCUT2D eigenvalue weighted by molar-refractivity contribution is 5.95. The second-order valence-electron chi connectivity index (χ2n) is 3.96. The van der Waals surface area contributed by atoms with Gasteiger partial charge in [0.05, 0.1) is 18.4 Å². The van der Waals surface area contributed by atoms with Crippen molar-refractivity contribution in [1.29, 1.82) is 0 Å². The van der Waals surface area contributed by atoms with Crippen molar-refractivity contribution in [3.63, 3.8) is 0 Å². The van der Waals surface area contributed by atoms with E-state index in [0.717, 1.165) is 0 Å². The van der Waals surface area contributed by atoms with Crippen molar-refractivity contribution in [1.82, 2.24) is 9.97 Å². The van der Waals surface area contributed by atoms with Crippen LogP contribution in [-0.4, -0.2) is 35.8 Å². The van der Waals surface area contributed by atoms with E-state index in [1.54, 1.807) is 21.0 Å². The van der Waals surface area contributed by atoms with Crippen molar-refractivity contribution < 1.29 is 14.3 Å². The molecular formula is C12H19N3O3. The summed E-state index contributed by atoms with van der Waals surface area (Å²) in [5, 5.41) is 0. The molecule has 1 aromatic rings. The molecule has 0 bridgehead atoms. The fourth-order valence-electron chi connectivity index (χ4n) is 1.54. The third-order valence-electron chi connectivity index (χ3n) is 2.52. The number of hydrogen-bond donors (Lipinski definition) is 1. The van der Waals surface area contributed by atoms with E-state index < -0.39 is 5.97 Å². The number of aryl methyl sites for hydroxylation is 1. The van der Waals surface area contributed by atoms with Crippen LogP contribution in [0.3, 0.4) is 0 Å². The number of methoxy groups -OCH3 is 1. The second-order valence-corrected chi connectivity index (χ2v) is 3.96. The van der Waals surface area contributed by atoms with E-state index in [-0.39, 0.29) is 17.5 Å². The van der Waals surface area contributed by atoms with E-state index in [4.69, 9.17) is 15.2 Å². The molecule has 0 saturated carbocycles. The molecule has 0 spiro atoms. The number of ether oxygens (including phenoxy) is 2. The summed E-state index contributed by atoms with van der Waals surface area (Å²) >= 11 is 0. The molecule has 6 heteroatoms. The Balaban J connectivity index is 3.01. The molecule has 100 valence electrons. The van der Waals surface area contributed by atoms with E-state index in [1.165, 1.54) is 0 Å². The van der Waals surface area contributed by atoms with Crippen molar-refractivity contribution >= 4 is 11.8 Å². The summed E-state index contributed by atoms with van der Waals surface area (Å²) in [5.74, 6) is 0.227. The number of hydrogen-bond acceptors (Lipinski definition) is 6. The van der Waals surface area contributed by atoms with E-state index in [0.29, 0.717) is 24.5 Å². The Kier molecular flexibility index (Phi) is 5.03. The van der Waals surface area contributed by atoms with Crippen LogP contribution in [0.15, 0.2) is 0 Å². The lowest BCUT2D eigenvalue weighted by atomic mass is 10.2. The molecule has 18 heavy (non-hydrogen) atoms. The van der Waals surface area contributed by atoms with Gasteiger partial charge >= 0.3 is 5.97 Å². The number of carbonyl (C=O) groups is 1. The molecule has 0 aliphatic carbocycles. The number of nitrogens with zero attached hydrogens (tertiary/aromatic N) is 2. The van der Waals surface area contributed by atoms with Gasteiger partial charge in [0.2, 0.25) is 0 Å². The Labute approximate surface area is 107 Å². The summed E-state index contributed by atoms with van der Waals surface area (Å²) in [5.41, 5.74) is 6.55. The Hall–Kier alpha value is -1.69. The molecule has 1 unspecified atom stereocenters. The molecule has 0 aliphatic rings. The quantitative estimate of drug-likeness (QED) is 0.791. The third kappa shape index (κ3) is 3.40. The predicted molar refractivity (Wildman–Crippen MR) is 67.3 cm³/mol. The Morgan fingerprint density at radius 1 is 1.44 bits per heavy atom. The fraction of sp³-hybridized carbons (Fsp3) is 0.583. The number of carbonyl (C=O) groups excluding carboxylic acids is 1. The summed E-state index contributed by atoms with van der Waals surface area (Å²) < 4.78 is 10.0. The largest absolute Gasteiger partial charge is 0.462 e. The standard InChI is InChI=1S/C12H19N3O3/c1-5-18-12(16)10-8(3)14-9(15-11(10)13)6-7(2)17-4/h7H,5-6H2,1-4H3,(H2,13,14,15). The van der Waals surface area contributed by atoms with Crippen LogP contribution in [0.5, 0.6) is 0 Å². The highest BCUT2D eigenvalue weighted by Gasteiger charge is 2.18. The van der Waals surface area contributed by atoms with Crippen molar-refractivity contribution in [2.75, 3.05) is 19.5 Å². The van der Waals surface area contributed by atoms with Gasteiger partial charge < -0.3 is 15.2 Å². The predicted octanol–water partition coefficient (Wildman–Crippen LogP) is 1.12. The molecule has 0 amide bonds. The molecule has 1 heterocycles. The van der Waals surface area contributed by atoms with Gasteiger partial charge in [-0.3, -0.25) is 0 Å². The van der Waals surface area contributed by atoms with Crippen molar-refractivity contribution in [3.05, 3.63) is 17.1 Å². The summed E-state index contributed by atoms with van der Waals surface area (Å²) in [4.78, 5) is 20.0. The summed E-state index contributed by atoms with van der Waals surface area (Å²) in [6, 6.07) is 0. The van der Waals surface area contributed by atoms with E-state index in [9.17, 15) is 4.79 Å². The van der Waals surface area contributed by atoms with Crippen LogP contribution in [0.2, 0.25) is 0 Å². The van der Waals surface area contributed by atoms with Gasteiger partial charge in [-0.2, -0.15) is 0 Å². The third-order valence-corrected chi connectivity index (χ3v) is 2.52. The fourth-order valence-corrected chi connectivity index (χ4v) is 1.54. The lowest BCUT2D eigenvalue weighted by molar-refractivity contribution is 0.0525. The summed E-state index contributed by atoms with van der Waals surface area (Å²) in [6.07, 6.45) is 0.544. The number of rotatable bonds is 5. The van der Waals surface area contributed by atoms with Crippen molar-refractivity contribution in [2.24, 2.45) is 0 Å². The lowest BCUT2D eigenvalue weighted by Gasteiger charge is -2.12. The average molecular weight is 253 g/mol. The molecule has 2 N–H and O–H groups in total. The zero-order valence-electron chi connectivity index (χ0n) is 11.2. The van der Waals surface area contributed by atoms with Gasteiger partial charge in [-0.05, 0) is 20.8 Å².